The van der Waals surface area contributed by atoms with Gasteiger partial charge in [-0.2, -0.15) is 0 Å². The third-order valence-corrected chi connectivity index (χ3v) is 2.99. The molecule has 0 bridgehead atoms. The smallest absolute Gasteiger partial charge is 1.00 e. The molecule has 0 amide bonds. The van der Waals surface area contributed by atoms with Crippen molar-refractivity contribution < 1.29 is 29.9 Å². The van der Waals surface area contributed by atoms with Crippen LogP contribution in [0.5, 0.6) is 0 Å². The molecule has 0 spiro atoms. The van der Waals surface area contributed by atoms with Crippen LogP contribution < -0.4 is 24.8 Å². The molecule has 1 fully saturated rings. The molecule has 1 N–H and O–H groups in total. The Bertz CT molecular complexity index is 133. The van der Waals surface area contributed by atoms with Crippen molar-refractivity contribution in [3.8, 4) is 0 Å². The van der Waals surface area contributed by atoms with Crippen molar-refractivity contribution in [1.82, 2.24) is 0 Å². The summed E-state index contributed by atoms with van der Waals surface area (Å²) in [6, 6.07) is 0. The third-order valence-electron chi connectivity index (χ3n) is 2.99. The third kappa shape index (κ3) is 6.01. The number of rotatable bonds is 1. The molecule has 0 aromatic rings. The number of aliphatic hydroxyl groups excluding tert-OH is 1. The normalized spacial score (nSPS) is 31.1. The fraction of sp³-hybridized carbons (Fsp3) is 1.00. The van der Waals surface area contributed by atoms with Crippen molar-refractivity contribution in [2.75, 3.05) is 0 Å². The van der Waals surface area contributed by atoms with Crippen LogP contribution >= 0.6 is 0 Å². The van der Waals surface area contributed by atoms with Gasteiger partial charge in [-0.15, -0.1) is 0 Å². The minimum absolute atomic E-state index is 0. The average Bonchev–Trinajstić information content (AvgIpc) is 1.85. The van der Waals surface area contributed by atoms with Crippen LogP contribution in [0.1, 0.15) is 40.0 Å². The van der Waals surface area contributed by atoms with E-state index in [9.17, 15) is 5.11 Å². The first-order chi connectivity index (χ1) is 5.11. The van der Waals surface area contributed by atoms with Gasteiger partial charge in [0, 0.05) is 0 Å². The molecule has 0 aliphatic heterocycles. The average molecular weight is 251 g/mol. The molecule has 0 aromatic heterocycles. The number of halogens is 2. The molecule has 0 saturated heterocycles. The quantitative estimate of drug-likeness (QED) is 0.472. The van der Waals surface area contributed by atoms with E-state index in [1.807, 2.05) is 0 Å². The van der Waals surface area contributed by atoms with Gasteiger partial charge in [0.1, 0.15) is 0 Å². The summed E-state index contributed by atoms with van der Waals surface area (Å²) in [5.74, 6) is 1.95. The Morgan fingerprint density at radius 2 is 1.64 bits per heavy atom. The van der Waals surface area contributed by atoms with Crippen molar-refractivity contribution in [1.29, 1.82) is 0 Å². The van der Waals surface area contributed by atoms with Gasteiger partial charge in [0.2, 0.25) is 0 Å². The molecule has 1 nitrogen and oxygen atoms in total. The Balaban J connectivity index is -0.000000403. The van der Waals surface area contributed by atoms with Crippen LogP contribution in [-0.4, -0.2) is 34.3 Å². The number of hydrogen-bond acceptors (Lipinski definition) is 1. The van der Waals surface area contributed by atoms with Gasteiger partial charge in [0.05, 0.1) is 6.10 Å². The summed E-state index contributed by atoms with van der Waals surface area (Å²) in [6.45, 7) is 6.66. The molecule has 0 radical (unpaired) electrons. The van der Waals surface area contributed by atoms with E-state index in [2.05, 4.69) is 20.8 Å². The molecule has 1 aliphatic rings. The molecule has 3 atom stereocenters. The van der Waals surface area contributed by atoms with Gasteiger partial charge in [-0.1, -0.05) is 27.2 Å². The minimum atomic E-state index is -0.0289. The van der Waals surface area contributed by atoms with E-state index in [4.69, 9.17) is 0 Å². The first-order valence-corrected chi connectivity index (χ1v) is 4.79. The van der Waals surface area contributed by atoms with Gasteiger partial charge in [0.25, 0.3) is 0 Å². The molecule has 1 saturated carbocycles. The van der Waals surface area contributed by atoms with Crippen LogP contribution in [0, 0.1) is 17.8 Å². The molecule has 0 aromatic carbocycles. The molecule has 1 rings (SSSR count). The van der Waals surface area contributed by atoms with E-state index in [0.717, 1.165) is 12.3 Å². The van der Waals surface area contributed by atoms with Crippen molar-refractivity contribution >= 4 is 23.1 Å². The van der Waals surface area contributed by atoms with Gasteiger partial charge in [-0.05, 0) is 30.6 Å². The zero-order chi connectivity index (χ0) is 8.43. The maximum atomic E-state index is 9.71. The Hall–Kier alpha value is 1.31. The summed E-state index contributed by atoms with van der Waals surface area (Å²) < 4.78 is 0. The van der Waals surface area contributed by atoms with Crippen molar-refractivity contribution in [2.45, 2.75) is 46.1 Å². The monoisotopic (exact) mass is 250 g/mol. The van der Waals surface area contributed by atoms with Crippen LogP contribution in [0.3, 0.4) is 0 Å². The van der Waals surface area contributed by atoms with Gasteiger partial charge in [-0.3, -0.25) is 0 Å². The second-order valence-corrected chi connectivity index (χ2v) is 4.39. The van der Waals surface area contributed by atoms with E-state index in [0.29, 0.717) is 11.8 Å². The zero-order valence-electron chi connectivity index (χ0n) is 9.34. The molecule has 82 valence electrons. The summed E-state index contributed by atoms with van der Waals surface area (Å²) in [5, 5.41) is 9.71. The van der Waals surface area contributed by atoms with E-state index in [1.54, 1.807) is 0 Å². The van der Waals surface area contributed by atoms with E-state index < -0.39 is 0 Å². The van der Waals surface area contributed by atoms with Crippen molar-refractivity contribution in [3.05, 3.63) is 0 Å². The maximum absolute atomic E-state index is 9.71. The minimum Gasteiger partial charge on any atom is -1.00 e. The second kappa shape index (κ2) is 9.53. The first kappa shape index (κ1) is 20.7. The summed E-state index contributed by atoms with van der Waals surface area (Å²) in [6.07, 6.45) is 3.52. The summed E-state index contributed by atoms with van der Waals surface area (Å²) in [4.78, 5) is 0. The molecular weight excluding hydrogens is 231 g/mol. The molecule has 0 heterocycles. The number of aliphatic hydroxyl groups is 1. The van der Waals surface area contributed by atoms with Crippen LogP contribution in [0.4, 0.5) is 0 Å². The van der Waals surface area contributed by atoms with E-state index >= 15 is 0 Å². The number of hydrogen-bond donors (Lipinski definition) is 1. The molecule has 4 heteroatoms. The Morgan fingerprint density at radius 3 is 2.00 bits per heavy atom. The zero-order valence-corrected chi connectivity index (χ0v) is 12.3. The Labute approximate surface area is 116 Å². The van der Waals surface area contributed by atoms with Crippen molar-refractivity contribution in [2.24, 2.45) is 17.8 Å². The molecular formula is C10H20Cl2MgO. The predicted octanol–water partition coefficient (Wildman–Crippen LogP) is -3.93. The van der Waals surface area contributed by atoms with Crippen LogP contribution in [-0.2, 0) is 0 Å². The Kier molecular flexibility index (Phi) is 14.1. The Morgan fingerprint density at radius 1 is 1.14 bits per heavy atom. The van der Waals surface area contributed by atoms with Gasteiger partial charge in [0.15, 0.2) is 0 Å². The van der Waals surface area contributed by atoms with Crippen LogP contribution in [0.25, 0.3) is 0 Å². The summed E-state index contributed by atoms with van der Waals surface area (Å²) >= 11 is 0. The molecule has 1 aliphatic carbocycles. The first-order valence-electron chi connectivity index (χ1n) is 4.79. The topological polar surface area (TPSA) is 20.2 Å². The van der Waals surface area contributed by atoms with Gasteiger partial charge >= 0.3 is 23.1 Å². The van der Waals surface area contributed by atoms with Gasteiger partial charge < -0.3 is 29.9 Å². The van der Waals surface area contributed by atoms with Gasteiger partial charge in [-0.25, -0.2) is 0 Å². The largest absolute Gasteiger partial charge is 2.00 e. The van der Waals surface area contributed by atoms with E-state index in [1.165, 1.54) is 12.8 Å². The summed E-state index contributed by atoms with van der Waals surface area (Å²) in [7, 11) is 0. The predicted molar refractivity (Wildman–Crippen MR) is 53.1 cm³/mol. The summed E-state index contributed by atoms with van der Waals surface area (Å²) in [5.41, 5.74) is 0. The van der Waals surface area contributed by atoms with Crippen LogP contribution in [0.2, 0.25) is 0 Å². The maximum Gasteiger partial charge on any atom is 2.00 e. The van der Waals surface area contributed by atoms with E-state index in [-0.39, 0.29) is 54.0 Å². The molecule has 14 heavy (non-hydrogen) atoms. The van der Waals surface area contributed by atoms with Crippen molar-refractivity contribution in [3.63, 3.8) is 0 Å². The fourth-order valence-electron chi connectivity index (χ4n) is 2.15. The van der Waals surface area contributed by atoms with Crippen LogP contribution in [0.15, 0.2) is 0 Å². The standard InChI is InChI=1S/C10H20O.2ClH.Mg/c1-7(2)9-5-4-8(3)6-10(9)11;;;/h7-11H,4-6H2,1-3H3;2*1H;/q;;;+2/p-2. The molecule has 3 unspecified atom stereocenters. The second-order valence-electron chi connectivity index (χ2n) is 4.39. The SMILES string of the molecule is CC1CCC(C(C)C)C(O)C1.[Cl-].[Cl-].[Mg+2]. The fourth-order valence-corrected chi connectivity index (χ4v) is 2.15.